The third-order valence-corrected chi connectivity index (χ3v) is 4.11. The van der Waals surface area contributed by atoms with Crippen LogP contribution in [0.5, 0.6) is 0 Å². The fourth-order valence-corrected chi connectivity index (χ4v) is 2.91. The van der Waals surface area contributed by atoms with E-state index in [-0.39, 0.29) is 11.9 Å². The second-order valence-corrected chi connectivity index (χ2v) is 5.66. The number of amides is 1. The van der Waals surface area contributed by atoms with Gasteiger partial charge >= 0.3 is 0 Å². The van der Waals surface area contributed by atoms with Crippen molar-refractivity contribution in [1.82, 2.24) is 15.0 Å². The highest BCUT2D eigenvalue weighted by Gasteiger charge is 2.31. The van der Waals surface area contributed by atoms with Crippen molar-refractivity contribution >= 4 is 5.91 Å². The van der Waals surface area contributed by atoms with Gasteiger partial charge in [0.25, 0.3) is 0 Å². The van der Waals surface area contributed by atoms with Gasteiger partial charge < -0.3 is 9.42 Å². The number of benzene rings is 1. The lowest BCUT2D eigenvalue weighted by molar-refractivity contribution is -0.135. The first-order chi connectivity index (χ1) is 10.8. The summed E-state index contributed by atoms with van der Waals surface area (Å²) in [6, 6.07) is 9.78. The van der Waals surface area contributed by atoms with Crippen molar-refractivity contribution in [2.45, 2.75) is 45.1 Å². The van der Waals surface area contributed by atoms with Crippen molar-refractivity contribution in [1.29, 1.82) is 0 Å². The van der Waals surface area contributed by atoms with Gasteiger partial charge in [0.1, 0.15) is 6.04 Å². The lowest BCUT2D eigenvalue weighted by Gasteiger charge is -2.33. The number of aromatic nitrogens is 2. The Morgan fingerprint density at radius 2 is 2.14 bits per heavy atom. The topological polar surface area (TPSA) is 59.2 Å². The third-order valence-electron chi connectivity index (χ3n) is 4.11. The molecule has 0 saturated carbocycles. The monoisotopic (exact) mass is 299 g/mol. The van der Waals surface area contributed by atoms with Gasteiger partial charge in [-0.15, -0.1) is 0 Å². The van der Waals surface area contributed by atoms with E-state index in [1.165, 1.54) is 0 Å². The maximum atomic E-state index is 12.7. The Morgan fingerprint density at radius 1 is 1.32 bits per heavy atom. The molecule has 5 nitrogen and oxygen atoms in total. The van der Waals surface area contributed by atoms with Crippen LogP contribution in [0.1, 0.15) is 49.5 Å². The highest BCUT2D eigenvalue weighted by atomic mass is 16.5. The Hall–Kier alpha value is -2.17. The molecule has 0 unspecified atom stereocenters. The molecule has 0 spiro atoms. The number of hydrogen-bond donors (Lipinski definition) is 0. The molecule has 1 aliphatic heterocycles. The van der Waals surface area contributed by atoms with Crippen LogP contribution in [-0.4, -0.2) is 27.5 Å². The number of piperidine rings is 1. The number of aryl methyl sites for hydroxylation is 1. The molecule has 116 valence electrons. The molecule has 22 heavy (non-hydrogen) atoms. The largest absolute Gasteiger partial charge is 0.337 e. The van der Waals surface area contributed by atoms with Crippen molar-refractivity contribution in [2.75, 3.05) is 6.54 Å². The van der Waals surface area contributed by atoms with Crippen molar-refractivity contribution in [3.8, 4) is 0 Å². The van der Waals surface area contributed by atoms with Crippen LogP contribution in [0, 0.1) is 0 Å². The van der Waals surface area contributed by atoms with Crippen molar-refractivity contribution in [2.24, 2.45) is 0 Å². The van der Waals surface area contributed by atoms with Gasteiger partial charge in [-0.05, 0) is 24.8 Å². The first-order valence-corrected chi connectivity index (χ1v) is 7.94. The van der Waals surface area contributed by atoms with Crippen LogP contribution in [0.15, 0.2) is 34.9 Å². The predicted octanol–water partition coefficient (Wildman–Crippen LogP) is 2.93. The Balaban J connectivity index is 1.75. The van der Waals surface area contributed by atoms with E-state index in [9.17, 15) is 4.79 Å². The van der Waals surface area contributed by atoms with Crippen LogP contribution in [0.4, 0.5) is 0 Å². The zero-order chi connectivity index (χ0) is 15.4. The maximum absolute atomic E-state index is 12.7. The number of carbonyl (C=O) groups excluding carboxylic acids is 1. The lowest BCUT2D eigenvalue weighted by Crippen LogP contribution is -2.39. The number of nitrogens with zero attached hydrogens (tertiary/aromatic N) is 3. The van der Waals surface area contributed by atoms with Gasteiger partial charge in [0, 0.05) is 13.0 Å². The summed E-state index contributed by atoms with van der Waals surface area (Å²) >= 11 is 0. The molecule has 2 aromatic rings. The van der Waals surface area contributed by atoms with Gasteiger partial charge in [-0.3, -0.25) is 4.79 Å². The highest BCUT2D eigenvalue weighted by Crippen LogP contribution is 2.30. The number of hydrogen-bond acceptors (Lipinski definition) is 4. The zero-order valence-electron chi connectivity index (χ0n) is 12.9. The number of rotatable bonds is 4. The Morgan fingerprint density at radius 3 is 2.86 bits per heavy atom. The fourth-order valence-electron chi connectivity index (χ4n) is 2.91. The van der Waals surface area contributed by atoms with E-state index >= 15 is 0 Å². The van der Waals surface area contributed by atoms with Crippen LogP contribution in [0.25, 0.3) is 0 Å². The summed E-state index contributed by atoms with van der Waals surface area (Å²) < 4.78 is 5.37. The maximum Gasteiger partial charge on any atom is 0.249 e. The summed E-state index contributed by atoms with van der Waals surface area (Å²) in [5, 5.41) is 3.96. The average Bonchev–Trinajstić information content (AvgIpc) is 3.05. The van der Waals surface area contributed by atoms with E-state index in [0.717, 1.165) is 37.8 Å². The number of carbonyl (C=O) groups is 1. The molecule has 0 radical (unpaired) electrons. The van der Waals surface area contributed by atoms with Gasteiger partial charge in [-0.25, -0.2) is 0 Å². The second-order valence-electron chi connectivity index (χ2n) is 5.66. The van der Waals surface area contributed by atoms with Crippen molar-refractivity contribution in [3.05, 3.63) is 47.6 Å². The van der Waals surface area contributed by atoms with E-state index in [4.69, 9.17) is 4.52 Å². The minimum atomic E-state index is -0.0715. The van der Waals surface area contributed by atoms with Gasteiger partial charge in [0.2, 0.25) is 11.8 Å². The molecule has 0 aliphatic carbocycles. The SMILES string of the molecule is CCc1noc([C@H]2CCCCN2C(=O)Cc2ccccc2)n1. The molecular weight excluding hydrogens is 278 g/mol. The molecule has 1 atom stereocenters. The molecule has 1 aliphatic rings. The lowest BCUT2D eigenvalue weighted by atomic mass is 10.0. The van der Waals surface area contributed by atoms with Crippen LogP contribution in [-0.2, 0) is 17.6 Å². The summed E-state index contributed by atoms with van der Waals surface area (Å²) in [6.45, 7) is 2.76. The van der Waals surface area contributed by atoms with Crippen LogP contribution in [0.3, 0.4) is 0 Å². The quantitative estimate of drug-likeness (QED) is 0.871. The summed E-state index contributed by atoms with van der Waals surface area (Å²) in [4.78, 5) is 19.0. The van der Waals surface area contributed by atoms with Crippen LogP contribution in [0.2, 0.25) is 0 Å². The molecule has 1 saturated heterocycles. The Bertz CT molecular complexity index is 624. The van der Waals surface area contributed by atoms with Gasteiger partial charge in [0.05, 0.1) is 6.42 Å². The van der Waals surface area contributed by atoms with E-state index in [1.54, 1.807) is 0 Å². The summed E-state index contributed by atoms with van der Waals surface area (Å²) in [6.07, 6.45) is 4.18. The minimum Gasteiger partial charge on any atom is -0.337 e. The molecule has 5 heteroatoms. The molecule has 2 heterocycles. The predicted molar refractivity (Wildman–Crippen MR) is 82.1 cm³/mol. The molecule has 1 aromatic carbocycles. The molecule has 1 amide bonds. The second kappa shape index (κ2) is 6.73. The average molecular weight is 299 g/mol. The normalized spacial score (nSPS) is 18.4. The van der Waals surface area contributed by atoms with Crippen molar-refractivity contribution in [3.63, 3.8) is 0 Å². The first-order valence-electron chi connectivity index (χ1n) is 7.94. The fraction of sp³-hybridized carbons (Fsp3) is 0.471. The Kier molecular flexibility index (Phi) is 4.51. The summed E-state index contributed by atoms with van der Waals surface area (Å²) in [7, 11) is 0. The molecule has 3 rings (SSSR count). The van der Waals surface area contributed by atoms with E-state index in [1.807, 2.05) is 42.2 Å². The van der Waals surface area contributed by atoms with Crippen molar-refractivity contribution < 1.29 is 9.32 Å². The summed E-state index contributed by atoms with van der Waals surface area (Å²) in [5.41, 5.74) is 1.04. The smallest absolute Gasteiger partial charge is 0.249 e. The van der Waals surface area contributed by atoms with E-state index in [2.05, 4.69) is 10.1 Å². The standard InChI is InChI=1S/C17H21N3O2/c1-2-15-18-17(22-19-15)14-10-6-7-11-20(14)16(21)12-13-8-4-3-5-9-13/h3-5,8-9,14H,2,6-7,10-12H2,1H3/t14-/m1/s1. The molecular formula is C17H21N3O2. The van der Waals surface area contributed by atoms with E-state index in [0.29, 0.717) is 18.1 Å². The highest BCUT2D eigenvalue weighted by molar-refractivity contribution is 5.79. The minimum absolute atomic E-state index is 0.0715. The molecule has 0 bridgehead atoms. The van der Waals surface area contributed by atoms with Gasteiger partial charge in [-0.2, -0.15) is 4.98 Å². The van der Waals surface area contributed by atoms with Gasteiger partial charge in [-0.1, -0.05) is 42.4 Å². The van der Waals surface area contributed by atoms with E-state index < -0.39 is 0 Å². The van der Waals surface area contributed by atoms with Crippen LogP contribution < -0.4 is 0 Å². The molecule has 1 aromatic heterocycles. The summed E-state index contributed by atoms with van der Waals surface area (Å²) in [5.74, 6) is 1.42. The van der Waals surface area contributed by atoms with Gasteiger partial charge in [0.15, 0.2) is 5.82 Å². The molecule has 0 N–H and O–H groups in total. The number of likely N-dealkylation sites (tertiary alicyclic amines) is 1. The zero-order valence-corrected chi connectivity index (χ0v) is 12.9. The van der Waals surface area contributed by atoms with Crippen LogP contribution >= 0.6 is 0 Å². The molecule has 1 fully saturated rings. The third kappa shape index (κ3) is 3.18. The Labute approximate surface area is 130 Å². The first kappa shape index (κ1) is 14.8.